The maximum absolute atomic E-state index is 12.4. The molecule has 0 aromatic carbocycles. The monoisotopic (exact) mass is 173 g/mol. The summed E-state index contributed by atoms with van der Waals surface area (Å²) >= 11 is 0. The lowest BCUT2D eigenvalue weighted by molar-refractivity contribution is 0.0261. The van der Waals surface area contributed by atoms with E-state index in [0.29, 0.717) is 6.42 Å². The Morgan fingerprint density at radius 2 is 2.00 bits per heavy atom. The second kappa shape index (κ2) is 4.39. The molecular formula is C9H13F2N. The molecule has 2 atom stereocenters. The molecule has 12 heavy (non-hydrogen) atoms. The minimum Gasteiger partial charge on any atom is -0.317 e. The van der Waals surface area contributed by atoms with Crippen LogP contribution in [0.5, 0.6) is 0 Å². The molecule has 1 rings (SSSR count). The maximum atomic E-state index is 12.4. The van der Waals surface area contributed by atoms with E-state index in [1.807, 2.05) is 0 Å². The lowest BCUT2D eigenvalue weighted by atomic mass is 9.79. The van der Waals surface area contributed by atoms with Gasteiger partial charge in [-0.15, -0.1) is 0 Å². The summed E-state index contributed by atoms with van der Waals surface area (Å²) < 4.78 is 24.8. The van der Waals surface area contributed by atoms with Crippen LogP contribution in [0.4, 0.5) is 8.78 Å². The number of hydrogen-bond acceptors (Lipinski definition) is 0. The van der Waals surface area contributed by atoms with Gasteiger partial charge in [0.25, 0.3) is 0 Å². The minimum atomic E-state index is -2.22. The van der Waals surface area contributed by atoms with E-state index in [9.17, 15) is 8.78 Å². The van der Waals surface area contributed by atoms with Gasteiger partial charge in [-0.05, 0) is 12.8 Å². The fourth-order valence-corrected chi connectivity index (χ4v) is 1.91. The van der Waals surface area contributed by atoms with Gasteiger partial charge < -0.3 is 4.85 Å². The van der Waals surface area contributed by atoms with Crippen LogP contribution in [0.15, 0.2) is 0 Å². The molecule has 0 saturated heterocycles. The second-order valence-corrected chi connectivity index (χ2v) is 3.38. The molecule has 68 valence electrons. The van der Waals surface area contributed by atoms with E-state index in [0.717, 1.165) is 19.3 Å². The molecule has 2 unspecified atom stereocenters. The smallest absolute Gasteiger partial charge is 0.241 e. The van der Waals surface area contributed by atoms with Crippen molar-refractivity contribution in [2.45, 2.75) is 32.1 Å². The lowest BCUT2D eigenvalue weighted by Crippen LogP contribution is -2.27. The summed E-state index contributed by atoms with van der Waals surface area (Å²) in [7, 11) is 0. The fraction of sp³-hybridized carbons (Fsp3) is 0.889. The van der Waals surface area contributed by atoms with Crippen molar-refractivity contribution >= 4 is 0 Å². The van der Waals surface area contributed by atoms with Gasteiger partial charge in [-0.3, -0.25) is 0 Å². The fourth-order valence-electron chi connectivity index (χ4n) is 1.91. The highest BCUT2D eigenvalue weighted by molar-refractivity contribution is 4.82. The van der Waals surface area contributed by atoms with Gasteiger partial charge in [0.1, 0.15) is 0 Å². The first-order valence-electron chi connectivity index (χ1n) is 4.37. The zero-order chi connectivity index (χ0) is 8.97. The third-order valence-electron chi connectivity index (χ3n) is 2.62. The van der Waals surface area contributed by atoms with E-state index in [1.54, 1.807) is 0 Å². The van der Waals surface area contributed by atoms with Gasteiger partial charge in [-0.1, -0.05) is 12.8 Å². The summed E-state index contributed by atoms with van der Waals surface area (Å²) in [5.74, 6) is -0.552. The predicted octanol–water partition coefficient (Wildman–Crippen LogP) is 2.98. The molecule has 0 bridgehead atoms. The number of alkyl halides is 2. The highest BCUT2D eigenvalue weighted by Crippen LogP contribution is 2.34. The third kappa shape index (κ3) is 2.17. The van der Waals surface area contributed by atoms with Crippen molar-refractivity contribution in [1.29, 1.82) is 0 Å². The van der Waals surface area contributed by atoms with Gasteiger partial charge in [-0.25, -0.2) is 15.4 Å². The lowest BCUT2D eigenvalue weighted by Gasteiger charge is -2.27. The Hall–Kier alpha value is -0.650. The first kappa shape index (κ1) is 9.44. The van der Waals surface area contributed by atoms with Crippen molar-refractivity contribution in [3.63, 3.8) is 0 Å². The molecule has 0 radical (unpaired) electrons. The summed E-state index contributed by atoms with van der Waals surface area (Å²) in [4.78, 5) is 3.21. The van der Waals surface area contributed by atoms with Crippen LogP contribution in [0, 0.1) is 18.4 Å². The Bertz CT molecular complexity index is 174. The summed E-state index contributed by atoms with van der Waals surface area (Å²) in [5.41, 5.74) is 0. The molecule has 0 amide bonds. The largest absolute Gasteiger partial charge is 0.317 e. The standard InChI is InChI=1S/C9H13F2N/c1-12-6-7-4-2-3-5-8(7)9(10)11/h7-9H,2-6H2. The zero-order valence-corrected chi connectivity index (χ0v) is 6.97. The molecule has 0 spiro atoms. The van der Waals surface area contributed by atoms with Gasteiger partial charge in [0.15, 0.2) is 0 Å². The Morgan fingerprint density at radius 1 is 1.33 bits per heavy atom. The maximum Gasteiger partial charge on any atom is 0.241 e. The molecule has 1 saturated carbocycles. The van der Waals surface area contributed by atoms with Crippen LogP contribution in [0.1, 0.15) is 25.7 Å². The molecular weight excluding hydrogens is 160 g/mol. The van der Waals surface area contributed by atoms with Gasteiger partial charge in [0.05, 0.1) is 0 Å². The van der Waals surface area contributed by atoms with Crippen molar-refractivity contribution in [2.24, 2.45) is 11.8 Å². The summed E-state index contributed by atoms with van der Waals surface area (Å²) in [6.07, 6.45) is 1.12. The first-order chi connectivity index (χ1) is 5.75. The zero-order valence-electron chi connectivity index (χ0n) is 6.97. The van der Waals surface area contributed by atoms with Crippen molar-refractivity contribution in [2.75, 3.05) is 6.54 Å². The number of rotatable bonds is 2. The number of halogens is 2. The summed E-state index contributed by atoms with van der Waals surface area (Å²) in [6, 6.07) is 0. The molecule has 1 nitrogen and oxygen atoms in total. The molecule has 0 aliphatic heterocycles. The van der Waals surface area contributed by atoms with Crippen LogP contribution in [-0.2, 0) is 0 Å². The first-order valence-corrected chi connectivity index (χ1v) is 4.37. The Balaban J connectivity index is 2.49. The van der Waals surface area contributed by atoms with Gasteiger partial charge in [-0.2, -0.15) is 0 Å². The van der Waals surface area contributed by atoms with Crippen LogP contribution >= 0.6 is 0 Å². The van der Waals surface area contributed by atoms with Crippen LogP contribution < -0.4 is 0 Å². The van der Waals surface area contributed by atoms with E-state index >= 15 is 0 Å². The molecule has 3 heteroatoms. The SMILES string of the molecule is [C-]#[N+]CC1CCCCC1C(F)F. The van der Waals surface area contributed by atoms with Crippen LogP contribution in [0.3, 0.4) is 0 Å². The highest BCUT2D eigenvalue weighted by Gasteiger charge is 2.33. The minimum absolute atomic E-state index is 0.0451. The second-order valence-electron chi connectivity index (χ2n) is 3.38. The summed E-state index contributed by atoms with van der Waals surface area (Å²) in [6.45, 7) is 6.94. The van der Waals surface area contributed by atoms with Crippen molar-refractivity contribution < 1.29 is 8.78 Å². The molecule has 0 heterocycles. The van der Waals surface area contributed by atoms with Gasteiger partial charge in [0, 0.05) is 11.8 Å². The molecule has 0 aromatic rings. The number of hydrogen-bond donors (Lipinski definition) is 0. The third-order valence-corrected chi connectivity index (χ3v) is 2.62. The summed E-state index contributed by atoms with van der Waals surface area (Å²) in [5, 5.41) is 0. The normalized spacial score (nSPS) is 30.2. The quantitative estimate of drug-likeness (QED) is 0.565. The number of nitrogens with zero attached hydrogens (tertiary/aromatic N) is 1. The predicted molar refractivity (Wildman–Crippen MR) is 42.9 cm³/mol. The van der Waals surface area contributed by atoms with E-state index in [-0.39, 0.29) is 12.5 Å². The van der Waals surface area contributed by atoms with E-state index in [2.05, 4.69) is 4.85 Å². The molecule has 0 aromatic heterocycles. The highest BCUT2D eigenvalue weighted by atomic mass is 19.3. The Kier molecular flexibility index (Phi) is 3.46. The van der Waals surface area contributed by atoms with Gasteiger partial charge >= 0.3 is 0 Å². The Labute approximate surface area is 71.6 Å². The van der Waals surface area contributed by atoms with E-state index in [4.69, 9.17) is 6.57 Å². The van der Waals surface area contributed by atoms with E-state index in [1.165, 1.54) is 0 Å². The molecule has 0 N–H and O–H groups in total. The molecule has 1 aliphatic carbocycles. The molecule has 1 aliphatic rings. The van der Waals surface area contributed by atoms with Crippen molar-refractivity contribution in [3.8, 4) is 0 Å². The topological polar surface area (TPSA) is 4.36 Å². The van der Waals surface area contributed by atoms with Crippen LogP contribution in [0.25, 0.3) is 4.85 Å². The Morgan fingerprint density at radius 3 is 2.58 bits per heavy atom. The average Bonchev–Trinajstić information content (AvgIpc) is 2.05. The molecule has 1 fully saturated rings. The van der Waals surface area contributed by atoms with Crippen molar-refractivity contribution in [1.82, 2.24) is 0 Å². The average molecular weight is 173 g/mol. The van der Waals surface area contributed by atoms with Gasteiger partial charge in [0.2, 0.25) is 13.0 Å². The van der Waals surface area contributed by atoms with Crippen molar-refractivity contribution in [3.05, 3.63) is 11.4 Å². The van der Waals surface area contributed by atoms with Crippen LogP contribution in [0.2, 0.25) is 0 Å². The van der Waals surface area contributed by atoms with Crippen LogP contribution in [-0.4, -0.2) is 13.0 Å². The van der Waals surface area contributed by atoms with E-state index < -0.39 is 12.3 Å².